The SMILES string of the molecule is Fc1ccc(-c2nn(-c3cccc(C(F)(F)F)c3)c3c2CCCCN3)cc1. The molecule has 7 heteroatoms. The first kappa shape index (κ1) is 17.6. The summed E-state index contributed by atoms with van der Waals surface area (Å²) in [5.74, 6) is 0.353. The van der Waals surface area contributed by atoms with E-state index in [4.69, 9.17) is 0 Å². The Kier molecular flexibility index (Phi) is 4.37. The predicted molar refractivity (Wildman–Crippen MR) is 95.4 cm³/mol. The van der Waals surface area contributed by atoms with Crippen molar-refractivity contribution in [2.75, 3.05) is 11.9 Å². The van der Waals surface area contributed by atoms with Gasteiger partial charge in [-0.2, -0.15) is 18.3 Å². The van der Waals surface area contributed by atoms with Gasteiger partial charge in [-0.05, 0) is 61.7 Å². The quantitative estimate of drug-likeness (QED) is 0.604. The highest BCUT2D eigenvalue weighted by molar-refractivity contribution is 5.71. The molecule has 0 saturated carbocycles. The van der Waals surface area contributed by atoms with Crippen molar-refractivity contribution in [2.24, 2.45) is 0 Å². The number of nitrogens with zero attached hydrogens (tertiary/aromatic N) is 2. The van der Waals surface area contributed by atoms with Crippen LogP contribution in [-0.2, 0) is 12.6 Å². The molecule has 4 rings (SSSR count). The van der Waals surface area contributed by atoms with Crippen LogP contribution in [0.2, 0.25) is 0 Å². The van der Waals surface area contributed by atoms with Gasteiger partial charge in [0.2, 0.25) is 0 Å². The Hall–Kier alpha value is -2.83. The molecule has 0 fully saturated rings. The number of hydrogen-bond acceptors (Lipinski definition) is 2. The summed E-state index contributed by atoms with van der Waals surface area (Å²) in [4.78, 5) is 0. The van der Waals surface area contributed by atoms with Crippen LogP contribution in [0.5, 0.6) is 0 Å². The molecule has 0 aliphatic carbocycles. The average molecular weight is 375 g/mol. The lowest BCUT2D eigenvalue weighted by molar-refractivity contribution is -0.137. The van der Waals surface area contributed by atoms with Crippen LogP contribution in [0.4, 0.5) is 23.4 Å². The van der Waals surface area contributed by atoms with Gasteiger partial charge in [0.1, 0.15) is 11.6 Å². The molecule has 1 aromatic heterocycles. The number of hydrogen-bond donors (Lipinski definition) is 1. The second-order valence-corrected chi connectivity index (χ2v) is 6.53. The zero-order valence-corrected chi connectivity index (χ0v) is 14.4. The summed E-state index contributed by atoms with van der Waals surface area (Å²) in [6, 6.07) is 11.1. The average Bonchev–Trinajstić information content (AvgIpc) is 2.83. The lowest BCUT2D eigenvalue weighted by atomic mass is 10.0. The van der Waals surface area contributed by atoms with Gasteiger partial charge in [-0.15, -0.1) is 0 Å². The lowest BCUT2D eigenvalue weighted by Crippen LogP contribution is -2.09. The molecule has 0 saturated heterocycles. The van der Waals surface area contributed by atoms with Crippen molar-refractivity contribution in [2.45, 2.75) is 25.4 Å². The van der Waals surface area contributed by atoms with Crippen molar-refractivity contribution < 1.29 is 17.6 Å². The fourth-order valence-electron chi connectivity index (χ4n) is 3.34. The van der Waals surface area contributed by atoms with Crippen molar-refractivity contribution in [1.82, 2.24) is 9.78 Å². The molecule has 0 atom stereocenters. The van der Waals surface area contributed by atoms with E-state index in [2.05, 4.69) is 10.4 Å². The van der Waals surface area contributed by atoms with E-state index in [1.54, 1.807) is 18.2 Å². The second kappa shape index (κ2) is 6.72. The Bertz CT molecular complexity index is 958. The van der Waals surface area contributed by atoms with E-state index in [1.165, 1.54) is 22.9 Å². The third-order valence-electron chi connectivity index (χ3n) is 4.67. The molecule has 1 N–H and O–H groups in total. The maximum absolute atomic E-state index is 13.3. The summed E-state index contributed by atoms with van der Waals surface area (Å²) >= 11 is 0. The highest BCUT2D eigenvalue weighted by atomic mass is 19.4. The van der Waals surface area contributed by atoms with E-state index >= 15 is 0 Å². The highest BCUT2D eigenvalue weighted by Gasteiger charge is 2.31. The van der Waals surface area contributed by atoms with Gasteiger partial charge < -0.3 is 5.32 Å². The van der Waals surface area contributed by atoms with Gasteiger partial charge in [0.15, 0.2) is 0 Å². The Morgan fingerprint density at radius 1 is 1.00 bits per heavy atom. The summed E-state index contributed by atoms with van der Waals surface area (Å²) in [5.41, 5.74) is 1.96. The van der Waals surface area contributed by atoms with Gasteiger partial charge in [-0.25, -0.2) is 9.07 Å². The van der Waals surface area contributed by atoms with Crippen LogP contribution in [-0.4, -0.2) is 16.3 Å². The number of aromatic nitrogens is 2. The first-order valence-electron chi connectivity index (χ1n) is 8.73. The van der Waals surface area contributed by atoms with Crippen molar-refractivity contribution in [3.8, 4) is 16.9 Å². The minimum absolute atomic E-state index is 0.337. The van der Waals surface area contributed by atoms with Gasteiger partial charge in [0.05, 0.1) is 16.9 Å². The van der Waals surface area contributed by atoms with E-state index in [1.807, 2.05) is 0 Å². The maximum atomic E-state index is 13.3. The fraction of sp³-hybridized carbons (Fsp3) is 0.250. The van der Waals surface area contributed by atoms with E-state index < -0.39 is 11.7 Å². The molecule has 0 spiro atoms. The largest absolute Gasteiger partial charge is 0.416 e. The summed E-state index contributed by atoms with van der Waals surface area (Å²) in [7, 11) is 0. The summed E-state index contributed by atoms with van der Waals surface area (Å²) in [6.45, 7) is 0.723. The molecule has 0 bridgehead atoms. The van der Waals surface area contributed by atoms with Gasteiger partial charge >= 0.3 is 6.18 Å². The predicted octanol–water partition coefficient (Wildman–Crippen LogP) is 5.45. The molecular formula is C20H17F4N3. The Labute approximate surface area is 153 Å². The number of alkyl halides is 3. The molecule has 27 heavy (non-hydrogen) atoms. The van der Waals surface area contributed by atoms with Crippen LogP contribution < -0.4 is 5.32 Å². The van der Waals surface area contributed by atoms with Gasteiger partial charge in [0.25, 0.3) is 0 Å². The Balaban J connectivity index is 1.88. The lowest BCUT2D eigenvalue weighted by Gasteiger charge is -2.12. The number of anilines is 1. The van der Waals surface area contributed by atoms with Gasteiger partial charge in [0, 0.05) is 17.7 Å². The molecule has 2 aromatic carbocycles. The minimum atomic E-state index is -4.42. The van der Waals surface area contributed by atoms with Crippen molar-refractivity contribution in [3.05, 3.63) is 65.5 Å². The number of nitrogens with one attached hydrogen (secondary N) is 1. The minimum Gasteiger partial charge on any atom is -0.370 e. The summed E-state index contributed by atoms with van der Waals surface area (Å²) in [6.07, 6.45) is -1.76. The van der Waals surface area contributed by atoms with Crippen LogP contribution in [0.25, 0.3) is 16.9 Å². The van der Waals surface area contributed by atoms with E-state index in [-0.39, 0.29) is 5.82 Å². The molecule has 3 aromatic rings. The Morgan fingerprint density at radius 2 is 1.78 bits per heavy atom. The maximum Gasteiger partial charge on any atom is 0.416 e. The molecule has 1 aliphatic heterocycles. The monoisotopic (exact) mass is 375 g/mol. The van der Waals surface area contributed by atoms with Gasteiger partial charge in [-0.1, -0.05) is 6.07 Å². The van der Waals surface area contributed by atoms with Crippen LogP contribution in [0, 0.1) is 5.82 Å². The molecule has 0 unspecified atom stereocenters. The van der Waals surface area contributed by atoms with Crippen LogP contribution in [0.3, 0.4) is 0 Å². The van der Waals surface area contributed by atoms with Crippen molar-refractivity contribution >= 4 is 5.82 Å². The first-order valence-corrected chi connectivity index (χ1v) is 8.73. The van der Waals surface area contributed by atoms with Crippen LogP contribution in [0.15, 0.2) is 48.5 Å². The zero-order chi connectivity index (χ0) is 19.0. The topological polar surface area (TPSA) is 29.9 Å². The number of rotatable bonds is 2. The number of fused-ring (bicyclic) bond motifs is 1. The van der Waals surface area contributed by atoms with E-state index in [9.17, 15) is 17.6 Å². The van der Waals surface area contributed by atoms with Gasteiger partial charge in [-0.3, -0.25) is 0 Å². The molecule has 2 heterocycles. The fourth-order valence-corrected chi connectivity index (χ4v) is 3.34. The first-order chi connectivity index (χ1) is 12.9. The standard InChI is InChI=1S/C20H17F4N3/c21-15-9-7-13(8-10-15)18-17-6-1-2-11-25-19(17)27(26-18)16-5-3-4-14(12-16)20(22,23)24/h3-5,7-10,12,25H,1-2,6,11H2. The summed E-state index contributed by atoms with van der Waals surface area (Å²) < 4.78 is 54.2. The molecule has 140 valence electrons. The smallest absolute Gasteiger partial charge is 0.370 e. The normalized spacial score (nSPS) is 14.4. The van der Waals surface area contributed by atoms with Crippen molar-refractivity contribution in [1.29, 1.82) is 0 Å². The zero-order valence-electron chi connectivity index (χ0n) is 14.4. The highest BCUT2D eigenvalue weighted by Crippen LogP contribution is 2.35. The number of halogens is 4. The molecule has 0 radical (unpaired) electrons. The third kappa shape index (κ3) is 3.41. The second-order valence-electron chi connectivity index (χ2n) is 6.53. The molecule has 0 amide bonds. The van der Waals surface area contributed by atoms with Crippen molar-refractivity contribution in [3.63, 3.8) is 0 Å². The molecular weight excluding hydrogens is 358 g/mol. The Morgan fingerprint density at radius 3 is 2.52 bits per heavy atom. The third-order valence-corrected chi connectivity index (χ3v) is 4.67. The van der Waals surface area contributed by atoms with Crippen LogP contribution >= 0.6 is 0 Å². The summed E-state index contributed by atoms with van der Waals surface area (Å²) in [5, 5.41) is 7.89. The van der Waals surface area contributed by atoms with E-state index in [0.29, 0.717) is 17.2 Å². The number of benzene rings is 2. The van der Waals surface area contributed by atoms with Crippen LogP contribution in [0.1, 0.15) is 24.0 Å². The molecule has 1 aliphatic rings. The molecule has 3 nitrogen and oxygen atoms in total. The van der Waals surface area contributed by atoms with E-state index in [0.717, 1.165) is 49.1 Å².